The number of likely N-dealkylation sites (N-methyl/N-ethyl adjacent to an activating group) is 1. The molecule has 1 amide bonds. The first-order valence-electron chi connectivity index (χ1n) is 6.52. The molecule has 1 aromatic rings. The number of nitro benzene ring substituents is 1. The van der Waals surface area contributed by atoms with Crippen molar-refractivity contribution in [3.63, 3.8) is 0 Å². The van der Waals surface area contributed by atoms with E-state index in [1.807, 2.05) is 7.05 Å². The van der Waals surface area contributed by atoms with E-state index in [0.717, 1.165) is 25.5 Å². The zero-order valence-electron chi connectivity index (χ0n) is 11.4. The number of benzene rings is 1. The van der Waals surface area contributed by atoms with Gasteiger partial charge in [0.15, 0.2) is 0 Å². The van der Waals surface area contributed by atoms with Crippen molar-refractivity contribution in [1.29, 1.82) is 0 Å². The van der Waals surface area contributed by atoms with Crippen LogP contribution in [0.5, 0.6) is 0 Å². The van der Waals surface area contributed by atoms with Crippen LogP contribution in [-0.4, -0.2) is 41.9 Å². The predicted octanol–water partition coefficient (Wildman–Crippen LogP) is 2.73. The van der Waals surface area contributed by atoms with E-state index in [0.29, 0.717) is 12.6 Å². The summed E-state index contributed by atoms with van der Waals surface area (Å²) in [4.78, 5) is 24.5. The molecule has 0 saturated carbocycles. The Hall–Kier alpha value is -1.37. The minimum absolute atomic E-state index is 0.00555. The number of nitrogens with zero attached hydrogens (tertiary/aromatic N) is 2. The predicted molar refractivity (Wildman–Crippen MR) is 81.1 cm³/mol. The van der Waals surface area contributed by atoms with Crippen LogP contribution in [0.15, 0.2) is 12.1 Å². The van der Waals surface area contributed by atoms with Gasteiger partial charge in [-0.1, -0.05) is 23.2 Å². The molecule has 8 heteroatoms. The van der Waals surface area contributed by atoms with E-state index in [4.69, 9.17) is 23.2 Å². The summed E-state index contributed by atoms with van der Waals surface area (Å²) in [7, 11) is 2.01. The second kappa shape index (κ2) is 6.60. The maximum absolute atomic E-state index is 12.1. The largest absolute Gasteiger partial charge is 0.350 e. The monoisotopic (exact) mass is 331 g/mol. The van der Waals surface area contributed by atoms with Crippen LogP contribution in [0.1, 0.15) is 23.2 Å². The third-order valence-electron chi connectivity index (χ3n) is 3.64. The van der Waals surface area contributed by atoms with Crippen molar-refractivity contribution in [1.82, 2.24) is 10.2 Å². The third-order valence-corrected chi connectivity index (χ3v) is 4.43. The number of carbonyl (C=O) groups is 1. The van der Waals surface area contributed by atoms with E-state index in [-0.39, 0.29) is 21.3 Å². The van der Waals surface area contributed by atoms with Gasteiger partial charge in [0.25, 0.3) is 11.6 Å². The number of hydrogen-bond acceptors (Lipinski definition) is 4. The molecule has 1 aromatic carbocycles. The van der Waals surface area contributed by atoms with Crippen molar-refractivity contribution in [3.8, 4) is 0 Å². The summed E-state index contributed by atoms with van der Waals surface area (Å²) in [6, 6.07) is 2.78. The molecule has 0 bridgehead atoms. The van der Waals surface area contributed by atoms with Crippen LogP contribution < -0.4 is 5.32 Å². The molecular formula is C13H15Cl2N3O3. The van der Waals surface area contributed by atoms with E-state index in [2.05, 4.69) is 10.2 Å². The molecule has 0 aromatic heterocycles. The Labute approximate surface area is 132 Å². The van der Waals surface area contributed by atoms with Gasteiger partial charge in [-0.15, -0.1) is 0 Å². The quantitative estimate of drug-likeness (QED) is 0.679. The van der Waals surface area contributed by atoms with Gasteiger partial charge in [0.05, 0.1) is 9.95 Å². The fourth-order valence-electron chi connectivity index (χ4n) is 2.39. The topological polar surface area (TPSA) is 75.5 Å². The van der Waals surface area contributed by atoms with Gasteiger partial charge in [-0.2, -0.15) is 0 Å². The first kappa shape index (κ1) is 16.0. The Morgan fingerprint density at radius 2 is 2.24 bits per heavy atom. The fourth-order valence-corrected chi connectivity index (χ4v) is 2.78. The van der Waals surface area contributed by atoms with Crippen LogP contribution >= 0.6 is 23.2 Å². The number of rotatable bonds is 4. The highest BCUT2D eigenvalue weighted by Gasteiger charge is 2.23. The molecule has 0 spiro atoms. The van der Waals surface area contributed by atoms with Crippen molar-refractivity contribution in [2.24, 2.45) is 0 Å². The highest BCUT2D eigenvalue weighted by molar-refractivity contribution is 6.43. The first-order valence-corrected chi connectivity index (χ1v) is 7.27. The average Bonchev–Trinajstić information content (AvgIpc) is 2.84. The molecule has 1 unspecified atom stereocenters. The molecule has 1 atom stereocenters. The number of halogens is 2. The standard InChI is InChI=1S/C13H15Cl2N3O3/c1-17-4-2-3-9(17)7-16-13(19)8-5-10(14)12(15)11(6-8)18(20)21/h5-6,9H,2-4,7H2,1H3,(H,16,19). The molecule has 6 nitrogen and oxygen atoms in total. The van der Waals surface area contributed by atoms with Gasteiger partial charge in [-0.3, -0.25) is 14.9 Å². The molecule has 1 aliphatic heterocycles. The van der Waals surface area contributed by atoms with Crippen molar-refractivity contribution in [3.05, 3.63) is 37.9 Å². The Kier molecular flexibility index (Phi) is 5.03. The van der Waals surface area contributed by atoms with E-state index < -0.39 is 10.8 Å². The van der Waals surface area contributed by atoms with Crippen molar-refractivity contribution < 1.29 is 9.72 Å². The van der Waals surface area contributed by atoms with Gasteiger partial charge in [0, 0.05) is 24.2 Å². The van der Waals surface area contributed by atoms with Crippen molar-refractivity contribution >= 4 is 34.8 Å². The smallest absolute Gasteiger partial charge is 0.290 e. The lowest BCUT2D eigenvalue weighted by atomic mass is 10.1. The van der Waals surface area contributed by atoms with Crippen LogP contribution in [0, 0.1) is 10.1 Å². The second-order valence-corrected chi connectivity index (χ2v) is 5.82. The first-order chi connectivity index (χ1) is 9.90. The molecule has 21 heavy (non-hydrogen) atoms. The molecule has 1 aliphatic rings. The number of nitrogens with one attached hydrogen (secondary N) is 1. The molecule has 1 fully saturated rings. The summed E-state index contributed by atoms with van der Waals surface area (Å²) < 4.78 is 0. The Balaban J connectivity index is 2.10. The Bertz CT molecular complexity index is 580. The molecule has 114 valence electrons. The van der Waals surface area contributed by atoms with Crippen molar-refractivity contribution in [2.75, 3.05) is 20.1 Å². The zero-order chi connectivity index (χ0) is 15.6. The summed E-state index contributed by atoms with van der Waals surface area (Å²) in [5, 5.41) is 13.5. The Morgan fingerprint density at radius 3 is 2.81 bits per heavy atom. The van der Waals surface area contributed by atoms with E-state index in [9.17, 15) is 14.9 Å². The molecule has 0 aliphatic carbocycles. The van der Waals surface area contributed by atoms with Gasteiger partial charge in [0.2, 0.25) is 0 Å². The fraction of sp³-hybridized carbons (Fsp3) is 0.462. The molecule has 0 radical (unpaired) electrons. The van der Waals surface area contributed by atoms with Gasteiger partial charge >= 0.3 is 0 Å². The second-order valence-electron chi connectivity index (χ2n) is 5.03. The summed E-state index contributed by atoms with van der Waals surface area (Å²) in [6.45, 7) is 1.52. The molecule has 2 rings (SSSR count). The summed E-state index contributed by atoms with van der Waals surface area (Å²) in [6.07, 6.45) is 2.13. The number of carbonyl (C=O) groups excluding carboxylic acids is 1. The maximum atomic E-state index is 12.1. The summed E-state index contributed by atoms with van der Waals surface area (Å²) in [5.41, 5.74) is -0.232. The summed E-state index contributed by atoms with van der Waals surface area (Å²) >= 11 is 11.6. The van der Waals surface area contributed by atoms with Crippen LogP contribution in [0.3, 0.4) is 0 Å². The van der Waals surface area contributed by atoms with Crippen LogP contribution in [-0.2, 0) is 0 Å². The lowest BCUT2D eigenvalue weighted by molar-refractivity contribution is -0.384. The summed E-state index contributed by atoms with van der Waals surface area (Å²) in [5.74, 6) is -0.392. The van der Waals surface area contributed by atoms with Gasteiger partial charge in [-0.05, 0) is 32.5 Å². The van der Waals surface area contributed by atoms with Crippen LogP contribution in [0.25, 0.3) is 0 Å². The number of nitro groups is 1. The van der Waals surface area contributed by atoms with Crippen LogP contribution in [0.2, 0.25) is 10.0 Å². The molecular weight excluding hydrogens is 317 g/mol. The Morgan fingerprint density at radius 1 is 1.52 bits per heavy atom. The lowest BCUT2D eigenvalue weighted by Crippen LogP contribution is -2.38. The molecule has 1 heterocycles. The normalized spacial score (nSPS) is 18.7. The highest BCUT2D eigenvalue weighted by Crippen LogP contribution is 2.33. The van der Waals surface area contributed by atoms with E-state index >= 15 is 0 Å². The molecule has 1 N–H and O–H groups in total. The minimum atomic E-state index is -0.657. The maximum Gasteiger partial charge on any atom is 0.290 e. The average molecular weight is 332 g/mol. The van der Waals surface area contributed by atoms with Crippen molar-refractivity contribution in [2.45, 2.75) is 18.9 Å². The molecule has 1 saturated heterocycles. The minimum Gasteiger partial charge on any atom is -0.350 e. The number of hydrogen-bond donors (Lipinski definition) is 1. The van der Waals surface area contributed by atoms with Gasteiger partial charge < -0.3 is 10.2 Å². The SMILES string of the molecule is CN1CCCC1CNC(=O)c1cc(Cl)c(Cl)c([N+](=O)[O-])c1. The number of likely N-dealkylation sites (tertiary alicyclic amines) is 1. The highest BCUT2D eigenvalue weighted by atomic mass is 35.5. The lowest BCUT2D eigenvalue weighted by Gasteiger charge is -2.19. The van der Waals surface area contributed by atoms with Gasteiger partial charge in [0.1, 0.15) is 5.02 Å². The van der Waals surface area contributed by atoms with Crippen LogP contribution in [0.4, 0.5) is 5.69 Å². The van der Waals surface area contributed by atoms with E-state index in [1.54, 1.807) is 0 Å². The van der Waals surface area contributed by atoms with E-state index in [1.165, 1.54) is 6.07 Å². The zero-order valence-corrected chi connectivity index (χ0v) is 12.9. The third kappa shape index (κ3) is 3.64. The van der Waals surface area contributed by atoms with Gasteiger partial charge in [-0.25, -0.2) is 0 Å². The number of amides is 1.